The van der Waals surface area contributed by atoms with E-state index < -0.39 is 11.9 Å². The van der Waals surface area contributed by atoms with E-state index in [1.54, 1.807) is 6.07 Å². The van der Waals surface area contributed by atoms with Crippen molar-refractivity contribution in [3.05, 3.63) is 70.2 Å². The van der Waals surface area contributed by atoms with E-state index in [-0.39, 0.29) is 5.02 Å². The van der Waals surface area contributed by atoms with E-state index >= 15 is 0 Å². The van der Waals surface area contributed by atoms with Crippen LogP contribution in [-0.2, 0) is 6.42 Å². The predicted octanol–water partition coefficient (Wildman–Crippen LogP) is 4.81. The maximum atomic E-state index is 13.2. The summed E-state index contributed by atoms with van der Waals surface area (Å²) < 4.78 is 18.8. The molecule has 0 radical (unpaired) electrons. The summed E-state index contributed by atoms with van der Waals surface area (Å²) >= 11 is 5.77. The van der Waals surface area contributed by atoms with Crippen LogP contribution in [0.1, 0.15) is 23.0 Å². The lowest BCUT2D eigenvalue weighted by atomic mass is 9.99. The van der Waals surface area contributed by atoms with Crippen LogP contribution in [0.5, 0.6) is 0 Å². The lowest BCUT2D eigenvalue weighted by Gasteiger charge is -2.11. The SMILES string of the molecule is Cc1oc2ccccc2c1C(O)Cc1ccc(F)c(Cl)c1. The molecule has 1 aromatic heterocycles. The number of hydrogen-bond donors (Lipinski definition) is 1. The van der Waals surface area contributed by atoms with E-state index in [1.165, 1.54) is 12.1 Å². The zero-order chi connectivity index (χ0) is 15.0. The number of benzene rings is 2. The number of aliphatic hydroxyl groups excluding tert-OH is 1. The highest BCUT2D eigenvalue weighted by Gasteiger charge is 2.19. The van der Waals surface area contributed by atoms with Gasteiger partial charge in [-0.3, -0.25) is 0 Å². The molecule has 3 rings (SSSR count). The topological polar surface area (TPSA) is 33.4 Å². The summed E-state index contributed by atoms with van der Waals surface area (Å²) in [7, 11) is 0. The Morgan fingerprint density at radius 3 is 2.76 bits per heavy atom. The molecular formula is C17H14ClFO2. The molecule has 0 bridgehead atoms. The number of hydrogen-bond acceptors (Lipinski definition) is 2. The molecule has 0 spiro atoms. The lowest BCUT2D eigenvalue weighted by Crippen LogP contribution is -2.03. The Morgan fingerprint density at radius 1 is 1.24 bits per heavy atom. The predicted molar refractivity (Wildman–Crippen MR) is 81.0 cm³/mol. The zero-order valence-electron chi connectivity index (χ0n) is 11.4. The number of furan rings is 1. The highest BCUT2D eigenvalue weighted by molar-refractivity contribution is 6.30. The van der Waals surface area contributed by atoms with Crippen LogP contribution in [0.25, 0.3) is 11.0 Å². The second-order valence-electron chi connectivity index (χ2n) is 5.04. The summed E-state index contributed by atoms with van der Waals surface area (Å²) in [5.74, 6) is 0.233. The third-order valence-electron chi connectivity index (χ3n) is 3.57. The molecule has 0 aliphatic heterocycles. The van der Waals surface area contributed by atoms with Gasteiger partial charge in [-0.1, -0.05) is 35.9 Å². The van der Waals surface area contributed by atoms with Crippen molar-refractivity contribution in [3.63, 3.8) is 0 Å². The molecule has 0 aliphatic rings. The smallest absolute Gasteiger partial charge is 0.141 e. The van der Waals surface area contributed by atoms with E-state index in [4.69, 9.17) is 16.0 Å². The molecule has 1 heterocycles. The minimum Gasteiger partial charge on any atom is -0.461 e. The molecule has 0 aliphatic carbocycles. The Labute approximate surface area is 126 Å². The Bertz CT molecular complexity index is 795. The second-order valence-corrected chi connectivity index (χ2v) is 5.44. The summed E-state index contributed by atoms with van der Waals surface area (Å²) in [5.41, 5.74) is 2.30. The van der Waals surface area contributed by atoms with Crippen LogP contribution in [0.15, 0.2) is 46.9 Å². The molecule has 1 N–H and O–H groups in total. The van der Waals surface area contributed by atoms with Gasteiger partial charge >= 0.3 is 0 Å². The summed E-state index contributed by atoms with van der Waals surface area (Å²) in [6, 6.07) is 12.1. The van der Waals surface area contributed by atoms with Gasteiger partial charge in [0, 0.05) is 17.4 Å². The summed E-state index contributed by atoms with van der Waals surface area (Å²) in [6.45, 7) is 1.83. The third-order valence-corrected chi connectivity index (χ3v) is 3.86. The molecule has 0 fully saturated rings. The van der Waals surface area contributed by atoms with E-state index in [9.17, 15) is 9.50 Å². The number of halogens is 2. The van der Waals surface area contributed by atoms with Gasteiger partial charge in [0.15, 0.2) is 0 Å². The van der Waals surface area contributed by atoms with Crippen LogP contribution in [0, 0.1) is 12.7 Å². The minimum atomic E-state index is -0.727. The van der Waals surface area contributed by atoms with Gasteiger partial charge in [-0.25, -0.2) is 4.39 Å². The highest BCUT2D eigenvalue weighted by Crippen LogP contribution is 2.32. The number of aliphatic hydroxyl groups is 1. The Balaban J connectivity index is 1.95. The molecule has 1 atom stereocenters. The molecule has 0 saturated carbocycles. The number of rotatable bonds is 3. The Hall–Kier alpha value is -1.84. The molecule has 0 amide bonds. The second kappa shape index (κ2) is 5.51. The molecule has 4 heteroatoms. The first-order valence-corrected chi connectivity index (χ1v) is 7.04. The van der Waals surface area contributed by atoms with Crippen LogP contribution in [0.3, 0.4) is 0 Å². The van der Waals surface area contributed by atoms with Crippen molar-refractivity contribution >= 4 is 22.6 Å². The molecule has 3 aromatic rings. The first kappa shape index (κ1) is 14.1. The fourth-order valence-corrected chi connectivity index (χ4v) is 2.80. The van der Waals surface area contributed by atoms with Gasteiger partial charge in [-0.05, 0) is 30.7 Å². The van der Waals surface area contributed by atoms with Crippen molar-refractivity contribution in [3.8, 4) is 0 Å². The first-order chi connectivity index (χ1) is 10.1. The summed E-state index contributed by atoms with van der Waals surface area (Å²) in [6.07, 6.45) is -0.375. The average molecular weight is 305 g/mol. The molecule has 1 unspecified atom stereocenters. The lowest BCUT2D eigenvalue weighted by molar-refractivity contribution is 0.177. The summed E-state index contributed by atoms with van der Waals surface area (Å²) in [5, 5.41) is 11.5. The summed E-state index contributed by atoms with van der Waals surface area (Å²) in [4.78, 5) is 0. The van der Waals surface area contributed by atoms with Gasteiger partial charge in [-0.15, -0.1) is 0 Å². The Kier molecular flexibility index (Phi) is 3.70. The van der Waals surface area contributed by atoms with E-state index in [2.05, 4.69) is 0 Å². The number of para-hydroxylation sites is 1. The van der Waals surface area contributed by atoms with Crippen LogP contribution in [0.2, 0.25) is 5.02 Å². The van der Waals surface area contributed by atoms with Gasteiger partial charge < -0.3 is 9.52 Å². The maximum absolute atomic E-state index is 13.2. The van der Waals surface area contributed by atoms with Gasteiger partial charge in [0.05, 0.1) is 11.1 Å². The molecule has 21 heavy (non-hydrogen) atoms. The van der Waals surface area contributed by atoms with Crippen molar-refractivity contribution in [1.29, 1.82) is 0 Å². The van der Waals surface area contributed by atoms with Gasteiger partial charge in [0.1, 0.15) is 17.2 Å². The van der Waals surface area contributed by atoms with Crippen LogP contribution >= 0.6 is 11.6 Å². The molecular weight excluding hydrogens is 291 g/mol. The normalized spacial score (nSPS) is 12.8. The van der Waals surface area contributed by atoms with Crippen molar-refractivity contribution < 1.29 is 13.9 Å². The van der Waals surface area contributed by atoms with E-state index in [0.29, 0.717) is 12.2 Å². The average Bonchev–Trinajstić information content (AvgIpc) is 2.78. The maximum Gasteiger partial charge on any atom is 0.141 e. The number of aryl methyl sites for hydroxylation is 1. The highest BCUT2D eigenvalue weighted by atomic mass is 35.5. The molecule has 108 valence electrons. The van der Waals surface area contributed by atoms with E-state index in [0.717, 1.165) is 22.1 Å². The minimum absolute atomic E-state index is 0.0634. The van der Waals surface area contributed by atoms with Crippen LogP contribution < -0.4 is 0 Å². The molecule has 0 saturated heterocycles. The van der Waals surface area contributed by atoms with Crippen molar-refractivity contribution in [2.75, 3.05) is 0 Å². The van der Waals surface area contributed by atoms with Gasteiger partial charge in [0.2, 0.25) is 0 Å². The Morgan fingerprint density at radius 2 is 2.00 bits per heavy atom. The van der Waals surface area contributed by atoms with Crippen molar-refractivity contribution in [2.45, 2.75) is 19.4 Å². The van der Waals surface area contributed by atoms with Crippen LogP contribution in [-0.4, -0.2) is 5.11 Å². The van der Waals surface area contributed by atoms with Gasteiger partial charge in [0.25, 0.3) is 0 Å². The molecule has 2 aromatic carbocycles. The quantitative estimate of drug-likeness (QED) is 0.753. The molecule has 2 nitrogen and oxygen atoms in total. The zero-order valence-corrected chi connectivity index (χ0v) is 12.2. The largest absolute Gasteiger partial charge is 0.461 e. The number of fused-ring (bicyclic) bond motifs is 1. The standard InChI is InChI=1S/C17H14ClFO2/c1-10-17(12-4-2-3-5-16(12)21-10)15(20)9-11-6-7-14(19)13(18)8-11/h2-8,15,20H,9H2,1H3. The van der Waals surface area contributed by atoms with Gasteiger partial charge in [-0.2, -0.15) is 0 Å². The third kappa shape index (κ3) is 2.67. The monoisotopic (exact) mass is 304 g/mol. The van der Waals surface area contributed by atoms with E-state index in [1.807, 2.05) is 31.2 Å². The fraction of sp³-hybridized carbons (Fsp3) is 0.176. The van der Waals surface area contributed by atoms with Crippen LogP contribution in [0.4, 0.5) is 4.39 Å². The van der Waals surface area contributed by atoms with Crippen molar-refractivity contribution in [1.82, 2.24) is 0 Å². The first-order valence-electron chi connectivity index (χ1n) is 6.66. The fourth-order valence-electron chi connectivity index (χ4n) is 2.59. The van der Waals surface area contributed by atoms with Crippen molar-refractivity contribution in [2.24, 2.45) is 0 Å².